The number of carbonyl (C=O) groups excluding carboxylic acids is 2. The third kappa shape index (κ3) is 8.58. The maximum Gasteiger partial charge on any atom is 0.438 e. The first kappa shape index (κ1) is 25.0. The summed E-state index contributed by atoms with van der Waals surface area (Å²) in [6.07, 6.45) is 2.69. The van der Waals surface area contributed by atoms with Gasteiger partial charge in [0.15, 0.2) is 0 Å². The molecule has 26 heavy (non-hydrogen) atoms. The molecule has 0 radical (unpaired) electrons. The summed E-state index contributed by atoms with van der Waals surface area (Å²) >= 11 is 0. The zero-order chi connectivity index (χ0) is 20.1. The molecule has 0 heterocycles. The van der Waals surface area contributed by atoms with Gasteiger partial charge in [-0.15, -0.1) is 0 Å². The molecule has 0 fully saturated rings. The van der Waals surface area contributed by atoms with Crippen molar-refractivity contribution in [2.24, 2.45) is 0 Å². The number of carbonyl (C=O) groups is 2. The van der Waals surface area contributed by atoms with E-state index in [1.54, 1.807) is 27.7 Å². The highest BCUT2D eigenvalue weighted by molar-refractivity contribution is 7.71. The average molecular weight is 416 g/mol. The molecule has 0 aromatic carbocycles. The van der Waals surface area contributed by atoms with Gasteiger partial charge in [-0.3, -0.25) is 0 Å². The minimum atomic E-state index is -3.97. The van der Waals surface area contributed by atoms with Crippen molar-refractivity contribution in [3.05, 3.63) is 12.2 Å². The van der Waals surface area contributed by atoms with Crippen molar-refractivity contribution >= 4 is 26.6 Å². The Morgan fingerprint density at radius 2 is 0.923 bits per heavy atom. The van der Waals surface area contributed by atoms with Crippen LogP contribution < -0.4 is 0 Å². The number of hydrogen-bond donors (Lipinski definition) is 0. The Morgan fingerprint density at radius 3 is 1.15 bits per heavy atom. The summed E-state index contributed by atoms with van der Waals surface area (Å²) in [7, 11) is -7.94. The van der Waals surface area contributed by atoms with E-state index in [2.05, 4.69) is 0 Å². The molecule has 0 atom stereocenters. The Morgan fingerprint density at radius 1 is 0.654 bits per heavy atom. The first-order chi connectivity index (χ1) is 12.3. The van der Waals surface area contributed by atoms with E-state index in [-0.39, 0.29) is 39.6 Å². The molecule has 0 bridgehead atoms. The van der Waals surface area contributed by atoms with Gasteiger partial charge in [0.1, 0.15) is 13.2 Å². The molecule has 0 unspecified atom stereocenters. The van der Waals surface area contributed by atoms with Gasteiger partial charge in [0.25, 0.3) is 0 Å². The lowest BCUT2D eigenvalue weighted by Crippen LogP contribution is -2.10. The number of rotatable bonds is 14. The topological polar surface area (TPSA) is 124 Å². The second kappa shape index (κ2) is 13.2. The molecule has 0 rings (SSSR count). The van der Waals surface area contributed by atoms with E-state index in [1.807, 2.05) is 0 Å². The van der Waals surface area contributed by atoms with Crippen LogP contribution in [0.25, 0.3) is 0 Å². The van der Waals surface area contributed by atoms with Gasteiger partial charge in [-0.2, -0.15) is 0 Å². The van der Waals surface area contributed by atoms with Gasteiger partial charge < -0.3 is 27.6 Å². The second-order valence-corrected chi connectivity index (χ2v) is 8.04. The van der Waals surface area contributed by atoms with Gasteiger partial charge in [0.05, 0.1) is 26.4 Å². The van der Waals surface area contributed by atoms with Crippen LogP contribution in [0.4, 0.5) is 9.59 Å². The highest BCUT2D eigenvalue weighted by Crippen LogP contribution is 2.50. The van der Waals surface area contributed by atoms with Crippen molar-refractivity contribution in [3.8, 4) is 0 Å². The Hall–Kier alpha value is -1.02. The van der Waals surface area contributed by atoms with Crippen LogP contribution in [0.5, 0.6) is 0 Å². The van der Waals surface area contributed by atoms with E-state index < -0.39 is 26.6 Å². The zero-order valence-electron chi connectivity index (χ0n) is 15.4. The number of hydrogen-bond acceptors (Lipinski definition) is 10. The van der Waals surface area contributed by atoms with Crippen LogP contribution in [0.3, 0.4) is 0 Å². The lowest BCUT2D eigenvalue weighted by atomic mass is 10.5. The smallest absolute Gasteiger partial charge is 0.438 e. The summed E-state index contributed by atoms with van der Waals surface area (Å²) in [5.74, 6) is 0. The van der Waals surface area contributed by atoms with Crippen LogP contribution in [0.2, 0.25) is 0 Å². The molecule has 0 amide bonds. The van der Waals surface area contributed by atoms with Crippen LogP contribution in [-0.2, 0) is 36.7 Å². The molecule has 12 heteroatoms. The molecule has 0 aliphatic heterocycles. The highest BCUT2D eigenvalue weighted by Gasteiger charge is 2.37. The van der Waals surface area contributed by atoms with E-state index in [0.717, 1.165) is 0 Å². The van der Waals surface area contributed by atoms with Crippen molar-refractivity contribution in [2.75, 3.05) is 39.6 Å². The van der Waals surface area contributed by atoms with Gasteiger partial charge in [-0.1, -0.05) is 0 Å². The first-order valence-electron chi connectivity index (χ1n) is 8.07. The first-order valence-corrected chi connectivity index (χ1v) is 11.2. The maximum absolute atomic E-state index is 12.1. The molecule has 0 aliphatic carbocycles. The van der Waals surface area contributed by atoms with Crippen LogP contribution in [0, 0.1) is 0 Å². The molecule has 0 aliphatic rings. The average Bonchev–Trinajstić information content (AvgIpc) is 2.58. The van der Waals surface area contributed by atoms with Crippen LogP contribution >= 0.6 is 15.2 Å². The fourth-order valence-electron chi connectivity index (χ4n) is 1.50. The van der Waals surface area contributed by atoms with Crippen LogP contribution in [-0.4, -0.2) is 51.1 Å². The minimum Gasteiger partial charge on any atom is -0.452 e. The van der Waals surface area contributed by atoms with Gasteiger partial charge in [-0.05, 0) is 39.8 Å². The van der Waals surface area contributed by atoms with Gasteiger partial charge >= 0.3 is 26.6 Å². The molecule has 0 aromatic rings. The van der Waals surface area contributed by atoms with Gasteiger partial charge in [-0.25, -0.2) is 18.7 Å². The monoisotopic (exact) mass is 416 g/mol. The lowest BCUT2D eigenvalue weighted by molar-refractivity contribution is 0.155. The third-order valence-corrected chi connectivity index (χ3v) is 5.96. The molecule has 0 aromatic heterocycles. The van der Waals surface area contributed by atoms with Crippen molar-refractivity contribution in [3.63, 3.8) is 0 Å². The highest BCUT2D eigenvalue weighted by atomic mass is 31.2. The summed E-state index contributed by atoms with van der Waals surface area (Å²) in [5.41, 5.74) is -2.22. The molecule has 0 spiro atoms. The van der Waals surface area contributed by atoms with Crippen molar-refractivity contribution in [1.82, 2.24) is 0 Å². The van der Waals surface area contributed by atoms with Gasteiger partial charge in [0.2, 0.25) is 0 Å². The zero-order valence-corrected chi connectivity index (χ0v) is 17.2. The maximum atomic E-state index is 12.1. The van der Waals surface area contributed by atoms with Crippen molar-refractivity contribution in [2.45, 2.75) is 27.7 Å². The predicted molar refractivity (Wildman–Crippen MR) is 93.6 cm³/mol. The summed E-state index contributed by atoms with van der Waals surface area (Å²) in [6, 6.07) is 0. The van der Waals surface area contributed by atoms with E-state index in [1.165, 1.54) is 12.2 Å². The number of ether oxygens (including phenoxy) is 2. The quantitative estimate of drug-likeness (QED) is 0.298. The molecule has 0 N–H and O–H groups in total. The van der Waals surface area contributed by atoms with E-state index in [9.17, 15) is 18.7 Å². The summed E-state index contributed by atoms with van der Waals surface area (Å²) in [4.78, 5) is 23.5. The fraction of sp³-hybridized carbons (Fsp3) is 0.714. The molecule has 0 saturated carbocycles. The Labute approximate surface area is 153 Å². The SMILES string of the molecule is CCOP(=O)(OCC)C(=O)OC/C=C/COC(=O)P(=O)(OCC)OCC. The molecular weight excluding hydrogens is 390 g/mol. The third-order valence-electron chi connectivity index (χ3n) is 2.42. The minimum absolute atomic E-state index is 0.0257. The fourth-order valence-corrected chi connectivity index (χ4v) is 3.89. The Balaban J connectivity index is 4.40. The summed E-state index contributed by atoms with van der Waals surface area (Å²) in [6.45, 7) is 5.88. The summed E-state index contributed by atoms with van der Waals surface area (Å²) < 4.78 is 53.1. The van der Waals surface area contributed by atoms with E-state index in [4.69, 9.17) is 27.6 Å². The van der Waals surface area contributed by atoms with Crippen LogP contribution in [0.15, 0.2) is 12.2 Å². The molecule has 152 valence electrons. The van der Waals surface area contributed by atoms with Crippen LogP contribution in [0.1, 0.15) is 27.7 Å². The van der Waals surface area contributed by atoms with Gasteiger partial charge in [0, 0.05) is 0 Å². The largest absolute Gasteiger partial charge is 0.452 e. The normalized spacial score (nSPS) is 12.3. The molecule has 0 saturated heterocycles. The van der Waals surface area contributed by atoms with E-state index >= 15 is 0 Å². The molecule has 10 nitrogen and oxygen atoms in total. The van der Waals surface area contributed by atoms with Crippen molar-refractivity contribution < 1.29 is 46.3 Å². The summed E-state index contributed by atoms with van der Waals surface area (Å²) in [5, 5.41) is 0. The van der Waals surface area contributed by atoms with E-state index in [0.29, 0.717) is 0 Å². The predicted octanol–water partition coefficient (Wildman–Crippen LogP) is 4.35. The Bertz CT molecular complexity index is 492. The second-order valence-electron chi connectivity index (χ2n) is 4.29. The standard InChI is InChI=1S/C14H26O10P2/c1-5-21-25(17,22-6-2)13(15)19-11-9-10-12-20-14(16)26(18,23-7-3)24-8-4/h9-10H,5-8,11-12H2,1-4H3/b10-9+. The Kier molecular flexibility index (Phi) is 12.7. The van der Waals surface area contributed by atoms with Crippen molar-refractivity contribution in [1.29, 1.82) is 0 Å². The lowest BCUT2D eigenvalue weighted by Gasteiger charge is -2.15. The molecular formula is C14H26O10P2.